The molecule has 1 aromatic carbocycles. The van der Waals surface area contributed by atoms with Gasteiger partial charge >= 0.3 is 0 Å². The Balaban J connectivity index is 1.96. The summed E-state index contributed by atoms with van der Waals surface area (Å²) in [5.41, 5.74) is 2.42. The van der Waals surface area contributed by atoms with Crippen LogP contribution in [0.4, 0.5) is 0 Å². The van der Waals surface area contributed by atoms with Crippen LogP contribution in [0.5, 0.6) is 5.75 Å². The van der Waals surface area contributed by atoms with E-state index in [0.29, 0.717) is 12.5 Å². The first-order valence-electron chi connectivity index (χ1n) is 5.87. The molecule has 2 aromatic rings. The normalized spacial score (nSPS) is 10.5. The predicted molar refractivity (Wildman–Crippen MR) is 69.1 cm³/mol. The molecule has 1 heterocycles. The molecule has 2 nitrogen and oxygen atoms in total. The molecule has 0 atom stereocenters. The van der Waals surface area contributed by atoms with Gasteiger partial charge in [-0.3, -0.25) is 4.98 Å². The summed E-state index contributed by atoms with van der Waals surface area (Å²) in [4.78, 5) is 4.05. The van der Waals surface area contributed by atoms with Gasteiger partial charge in [0, 0.05) is 18.0 Å². The van der Waals surface area contributed by atoms with Crippen molar-refractivity contribution in [3.63, 3.8) is 0 Å². The SMILES string of the molecule is CC(C)c1ccc(OCc2cccnc2)cc1. The molecule has 0 radical (unpaired) electrons. The standard InChI is InChI=1S/C15H17NO/c1-12(2)14-5-7-15(8-6-14)17-11-13-4-3-9-16-10-13/h3-10,12H,11H2,1-2H3. The van der Waals surface area contributed by atoms with Crippen LogP contribution in [-0.4, -0.2) is 4.98 Å². The van der Waals surface area contributed by atoms with Crippen LogP contribution in [0.15, 0.2) is 48.8 Å². The number of hydrogen-bond donors (Lipinski definition) is 0. The van der Waals surface area contributed by atoms with Crippen molar-refractivity contribution in [1.29, 1.82) is 0 Å². The molecule has 0 amide bonds. The minimum Gasteiger partial charge on any atom is -0.489 e. The highest BCUT2D eigenvalue weighted by Gasteiger charge is 1.99. The van der Waals surface area contributed by atoms with Crippen LogP contribution in [0.1, 0.15) is 30.9 Å². The van der Waals surface area contributed by atoms with Crippen molar-refractivity contribution in [3.05, 3.63) is 59.9 Å². The molecule has 0 fully saturated rings. The molecule has 0 bridgehead atoms. The van der Waals surface area contributed by atoms with Crippen molar-refractivity contribution in [2.75, 3.05) is 0 Å². The molecule has 0 aliphatic rings. The molecular formula is C15H17NO. The van der Waals surface area contributed by atoms with Gasteiger partial charge in [-0.05, 0) is 29.7 Å². The molecule has 17 heavy (non-hydrogen) atoms. The van der Waals surface area contributed by atoms with Crippen LogP contribution < -0.4 is 4.74 Å². The Hall–Kier alpha value is -1.83. The summed E-state index contributed by atoms with van der Waals surface area (Å²) >= 11 is 0. The summed E-state index contributed by atoms with van der Waals surface area (Å²) in [6.45, 7) is 4.94. The van der Waals surface area contributed by atoms with E-state index in [1.165, 1.54) is 5.56 Å². The van der Waals surface area contributed by atoms with E-state index in [1.54, 1.807) is 6.20 Å². The van der Waals surface area contributed by atoms with Gasteiger partial charge in [-0.1, -0.05) is 32.0 Å². The highest BCUT2D eigenvalue weighted by atomic mass is 16.5. The van der Waals surface area contributed by atoms with Gasteiger partial charge in [-0.2, -0.15) is 0 Å². The molecule has 88 valence electrons. The lowest BCUT2D eigenvalue weighted by Crippen LogP contribution is -1.96. The fraction of sp³-hybridized carbons (Fsp3) is 0.267. The first-order chi connectivity index (χ1) is 8.25. The van der Waals surface area contributed by atoms with E-state index in [1.807, 2.05) is 30.5 Å². The summed E-state index contributed by atoms with van der Waals surface area (Å²) in [6, 6.07) is 12.2. The second kappa shape index (κ2) is 5.48. The van der Waals surface area contributed by atoms with Crippen molar-refractivity contribution < 1.29 is 4.74 Å². The Labute approximate surface area is 102 Å². The van der Waals surface area contributed by atoms with Crippen molar-refractivity contribution in [2.24, 2.45) is 0 Å². The van der Waals surface area contributed by atoms with Gasteiger partial charge < -0.3 is 4.74 Å². The molecule has 0 aliphatic heterocycles. The maximum absolute atomic E-state index is 5.69. The van der Waals surface area contributed by atoms with E-state index in [2.05, 4.69) is 31.0 Å². The summed E-state index contributed by atoms with van der Waals surface area (Å²) in [7, 11) is 0. The smallest absolute Gasteiger partial charge is 0.119 e. The second-order valence-corrected chi connectivity index (χ2v) is 4.37. The van der Waals surface area contributed by atoms with Crippen molar-refractivity contribution in [3.8, 4) is 5.75 Å². The van der Waals surface area contributed by atoms with Gasteiger partial charge in [0.15, 0.2) is 0 Å². The van der Waals surface area contributed by atoms with Crippen molar-refractivity contribution >= 4 is 0 Å². The van der Waals surface area contributed by atoms with Gasteiger partial charge in [0.05, 0.1) is 0 Å². The highest BCUT2D eigenvalue weighted by Crippen LogP contribution is 2.19. The second-order valence-electron chi connectivity index (χ2n) is 4.37. The predicted octanol–water partition coefficient (Wildman–Crippen LogP) is 3.78. The van der Waals surface area contributed by atoms with Gasteiger partial charge in [0.25, 0.3) is 0 Å². The third-order valence-corrected chi connectivity index (χ3v) is 2.68. The van der Waals surface area contributed by atoms with Gasteiger partial charge in [-0.25, -0.2) is 0 Å². The third-order valence-electron chi connectivity index (χ3n) is 2.68. The highest BCUT2D eigenvalue weighted by molar-refractivity contribution is 5.29. The molecule has 0 N–H and O–H groups in total. The number of nitrogens with zero attached hydrogens (tertiary/aromatic N) is 1. The van der Waals surface area contributed by atoms with E-state index >= 15 is 0 Å². The zero-order valence-electron chi connectivity index (χ0n) is 10.3. The minimum absolute atomic E-state index is 0.558. The van der Waals surface area contributed by atoms with Crippen LogP contribution in [0.2, 0.25) is 0 Å². The fourth-order valence-corrected chi connectivity index (χ4v) is 1.60. The van der Waals surface area contributed by atoms with Crippen molar-refractivity contribution in [1.82, 2.24) is 4.98 Å². The zero-order valence-corrected chi connectivity index (χ0v) is 10.3. The number of benzene rings is 1. The Morgan fingerprint density at radius 1 is 1.12 bits per heavy atom. The molecule has 1 aromatic heterocycles. The Kier molecular flexibility index (Phi) is 3.76. The summed E-state index contributed by atoms with van der Waals surface area (Å²) in [5.74, 6) is 1.46. The quantitative estimate of drug-likeness (QED) is 0.793. The lowest BCUT2D eigenvalue weighted by atomic mass is 10.0. The summed E-state index contributed by atoms with van der Waals surface area (Å²) in [6.07, 6.45) is 3.59. The van der Waals surface area contributed by atoms with Crippen LogP contribution in [0.3, 0.4) is 0 Å². The topological polar surface area (TPSA) is 22.1 Å². The number of ether oxygens (including phenoxy) is 1. The number of hydrogen-bond acceptors (Lipinski definition) is 2. The van der Waals surface area contributed by atoms with E-state index in [-0.39, 0.29) is 0 Å². The molecule has 2 heteroatoms. The Morgan fingerprint density at radius 2 is 1.88 bits per heavy atom. The van der Waals surface area contributed by atoms with E-state index in [4.69, 9.17) is 4.74 Å². The van der Waals surface area contributed by atoms with E-state index < -0.39 is 0 Å². The molecular weight excluding hydrogens is 210 g/mol. The third kappa shape index (κ3) is 3.31. The average Bonchev–Trinajstić information content (AvgIpc) is 2.38. The van der Waals surface area contributed by atoms with Crippen LogP contribution in [0, 0.1) is 0 Å². The summed E-state index contributed by atoms with van der Waals surface area (Å²) in [5, 5.41) is 0. The largest absolute Gasteiger partial charge is 0.489 e. The van der Waals surface area contributed by atoms with Crippen LogP contribution in [0.25, 0.3) is 0 Å². The fourth-order valence-electron chi connectivity index (χ4n) is 1.60. The summed E-state index contributed by atoms with van der Waals surface area (Å²) < 4.78 is 5.69. The number of rotatable bonds is 4. The monoisotopic (exact) mass is 227 g/mol. The first kappa shape index (κ1) is 11.6. The molecule has 0 aliphatic carbocycles. The number of pyridine rings is 1. The molecule has 2 rings (SSSR count). The average molecular weight is 227 g/mol. The van der Waals surface area contributed by atoms with Gasteiger partial charge in [0.2, 0.25) is 0 Å². The first-order valence-corrected chi connectivity index (χ1v) is 5.87. The Bertz CT molecular complexity index is 448. The molecule has 0 unspecified atom stereocenters. The van der Waals surface area contributed by atoms with Gasteiger partial charge in [-0.15, -0.1) is 0 Å². The Morgan fingerprint density at radius 3 is 2.47 bits per heavy atom. The lowest BCUT2D eigenvalue weighted by molar-refractivity contribution is 0.305. The lowest BCUT2D eigenvalue weighted by Gasteiger charge is -2.08. The number of aromatic nitrogens is 1. The minimum atomic E-state index is 0.558. The van der Waals surface area contributed by atoms with Crippen LogP contribution in [-0.2, 0) is 6.61 Å². The van der Waals surface area contributed by atoms with Crippen LogP contribution >= 0.6 is 0 Å². The maximum atomic E-state index is 5.69. The molecule has 0 saturated heterocycles. The molecule has 0 saturated carbocycles. The van der Waals surface area contributed by atoms with Gasteiger partial charge in [0.1, 0.15) is 12.4 Å². The maximum Gasteiger partial charge on any atom is 0.119 e. The molecule has 0 spiro atoms. The van der Waals surface area contributed by atoms with E-state index in [0.717, 1.165) is 11.3 Å². The van der Waals surface area contributed by atoms with E-state index in [9.17, 15) is 0 Å². The zero-order chi connectivity index (χ0) is 12.1. The van der Waals surface area contributed by atoms with Crippen molar-refractivity contribution in [2.45, 2.75) is 26.4 Å².